The van der Waals surface area contributed by atoms with E-state index in [4.69, 9.17) is 4.42 Å². The van der Waals surface area contributed by atoms with Crippen molar-refractivity contribution in [1.82, 2.24) is 15.2 Å². The summed E-state index contributed by atoms with van der Waals surface area (Å²) in [4.78, 5) is 25.1. The SMILES string of the molecule is Cc1c(C(=O)NNC(=O)c2ccc(S(=O)(=O)N(C)C3CCCCC3)cc2)oc2ccccc12. The number of carbonyl (C=O) groups excluding carboxylic acids is 2. The van der Waals surface area contributed by atoms with Gasteiger partial charge in [0.25, 0.3) is 5.91 Å². The molecule has 0 atom stereocenters. The normalized spacial score (nSPS) is 15.0. The van der Waals surface area contributed by atoms with Gasteiger partial charge < -0.3 is 4.42 Å². The molecule has 1 aliphatic rings. The Morgan fingerprint density at radius 1 is 0.939 bits per heavy atom. The first-order valence-corrected chi connectivity index (χ1v) is 12.4. The van der Waals surface area contributed by atoms with Gasteiger partial charge in [0.15, 0.2) is 5.76 Å². The number of hydrogen-bond acceptors (Lipinski definition) is 5. The van der Waals surface area contributed by atoms with E-state index in [1.807, 2.05) is 18.2 Å². The number of rotatable bonds is 5. The van der Waals surface area contributed by atoms with Crippen LogP contribution in [-0.4, -0.2) is 37.6 Å². The fraction of sp³-hybridized carbons (Fsp3) is 0.333. The minimum absolute atomic E-state index is 0.00337. The molecule has 2 N–H and O–H groups in total. The van der Waals surface area contributed by atoms with Gasteiger partial charge in [-0.3, -0.25) is 20.4 Å². The van der Waals surface area contributed by atoms with Crippen molar-refractivity contribution < 1.29 is 22.4 Å². The van der Waals surface area contributed by atoms with Crippen LogP contribution in [0.2, 0.25) is 0 Å². The number of nitrogens with zero attached hydrogens (tertiary/aromatic N) is 1. The van der Waals surface area contributed by atoms with E-state index in [0.29, 0.717) is 11.1 Å². The van der Waals surface area contributed by atoms with Gasteiger partial charge in [-0.2, -0.15) is 4.31 Å². The lowest BCUT2D eigenvalue weighted by atomic mass is 9.96. The summed E-state index contributed by atoms with van der Waals surface area (Å²) in [6, 6.07) is 13.0. The lowest BCUT2D eigenvalue weighted by Gasteiger charge is -2.30. The smallest absolute Gasteiger partial charge is 0.305 e. The quantitative estimate of drug-likeness (QED) is 0.553. The zero-order valence-corrected chi connectivity index (χ0v) is 19.4. The fourth-order valence-corrected chi connectivity index (χ4v) is 5.63. The predicted octanol–water partition coefficient (Wildman–Crippen LogP) is 3.77. The zero-order chi connectivity index (χ0) is 23.6. The number of benzene rings is 2. The number of para-hydroxylation sites is 1. The van der Waals surface area contributed by atoms with Crippen molar-refractivity contribution in [2.45, 2.75) is 50.0 Å². The van der Waals surface area contributed by atoms with Gasteiger partial charge in [-0.1, -0.05) is 37.5 Å². The average molecular weight is 470 g/mol. The predicted molar refractivity (Wildman–Crippen MR) is 124 cm³/mol. The topological polar surface area (TPSA) is 109 Å². The summed E-state index contributed by atoms with van der Waals surface area (Å²) in [5.41, 5.74) is 6.17. The molecule has 0 radical (unpaired) electrons. The zero-order valence-electron chi connectivity index (χ0n) is 18.6. The Balaban J connectivity index is 1.40. The summed E-state index contributed by atoms with van der Waals surface area (Å²) in [6.45, 7) is 1.77. The van der Waals surface area contributed by atoms with Crippen molar-refractivity contribution in [2.24, 2.45) is 0 Å². The molecule has 1 aliphatic carbocycles. The third kappa shape index (κ3) is 4.65. The molecule has 174 valence electrons. The van der Waals surface area contributed by atoms with Crippen LogP contribution in [0.1, 0.15) is 58.6 Å². The van der Waals surface area contributed by atoms with Crippen molar-refractivity contribution in [3.05, 3.63) is 65.4 Å². The number of sulfonamides is 1. The van der Waals surface area contributed by atoms with Crippen LogP contribution in [0.3, 0.4) is 0 Å². The molecule has 3 aromatic rings. The van der Waals surface area contributed by atoms with E-state index in [1.54, 1.807) is 20.0 Å². The van der Waals surface area contributed by atoms with E-state index in [9.17, 15) is 18.0 Å². The minimum Gasteiger partial charge on any atom is -0.451 e. The van der Waals surface area contributed by atoms with Crippen molar-refractivity contribution >= 4 is 32.8 Å². The van der Waals surface area contributed by atoms with E-state index in [2.05, 4.69) is 10.9 Å². The van der Waals surface area contributed by atoms with Crippen molar-refractivity contribution in [2.75, 3.05) is 7.05 Å². The Morgan fingerprint density at radius 2 is 1.58 bits per heavy atom. The summed E-state index contributed by atoms with van der Waals surface area (Å²) in [6.07, 6.45) is 4.92. The maximum Gasteiger partial charge on any atom is 0.305 e. The molecule has 1 aromatic heterocycles. The standard InChI is InChI=1S/C24H27N3O5S/c1-16-20-10-6-7-11-21(20)32-22(16)24(29)26-25-23(28)17-12-14-19(15-13-17)33(30,31)27(2)18-8-4-3-5-9-18/h6-7,10-15,18H,3-5,8-9H2,1-2H3,(H,25,28)(H,26,29). The summed E-state index contributed by atoms with van der Waals surface area (Å²) >= 11 is 0. The first-order valence-electron chi connectivity index (χ1n) is 11.0. The summed E-state index contributed by atoms with van der Waals surface area (Å²) in [5, 5.41) is 0.823. The molecule has 0 bridgehead atoms. The van der Waals surface area contributed by atoms with Crippen LogP contribution in [0.4, 0.5) is 0 Å². The molecule has 2 amide bonds. The monoisotopic (exact) mass is 469 g/mol. The van der Waals surface area contributed by atoms with E-state index in [1.165, 1.54) is 28.6 Å². The Bertz CT molecular complexity index is 1280. The minimum atomic E-state index is -3.64. The molecule has 1 fully saturated rings. The van der Waals surface area contributed by atoms with Crippen LogP contribution in [-0.2, 0) is 10.0 Å². The van der Waals surface area contributed by atoms with E-state index in [-0.39, 0.29) is 22.3 Å². The highest BCUT2D eigenvalue weighted by Gasteiger charge is 2.29. The van der Waals surface area contributed by atoms with E-state index < -0.39 is 21.8 Å². The second kappa shape index (κ2) is 9.36. The van der Waals surface area contributed by atoms with Crippen LogP contribution in [0.5, 0.6) is 0 Å². The molecule has 9 heteroatoms. The first-order chi connectivity index (χ1) is 15.8. The number of hydrazine groups is 1. The molecular weight excluding hydrogens is 442 g/mol. The van der Waals surface area contributed by atoms with Crippen molar-refractivity contribution in [3.63, 3.8) is 0 Å². The number of carbonyl (C=O) groups is 2. The number of aryl methyl sites for hydroxylation is 1. The number of furan rings is 1. The molecule has 0 aliphatic heterocycles. The molecule has 0 unspecified atom stereocenters. The van der Waals surface area contributed by atoms with Gasteiger partial charge in [0.05, 0.1) is 4.90 Å². The summed E-state index contributed by atoms with van der Waals surface area (Å²) in [7, 11) is -2.03. The third-order valence-electron chi connectivity index (χ3n) is 6.22. The Kier molecular flexibility index (Phi) is 6.53. The molecule has 1 heterocycles. The average Bonchev–Trinajstić information content (AvgIpc) is 3.19. The lowest BCUT2D eigenvalue weighted by Crippen LogP contribution is -2.41. The second-order valence-corrected chi connectivity index (χ2v) is 10.3. The van der Waals surface area contributed by atoms with E-state index >= 15 is 0 Å². The number of hydrogen-bond donors (Lipinski definition) is 2. The van der Waals surface area contributed by atoms with Gasteiger partial charge in [-0.05, 0) is 50.1 Å². The molecule has 2 aromatic carbocycles. The van der Waals surface area contributed by atoms with Gasteiger partial charge in [0.2, 0.25) is 10.0 Å². The van der Waals surface area contributed by atoms with Crippen LogP contribution >= 0.6 is 0 Å². The molecule has 0 spiro atoms. The second-order valence-electron chi connectivity index (χ2n) is 8.30. The number of nitrogens with one attached hydrogen (secondary N) is 2. The molecule has 33 heavy (non-hydrogen) atoms. The molecule has 4 rings (SSSR count). The van der Waals surface area contributed by atoms with Crippen LogP contribution in [0, 0.1) is 6.92 Å². The maximum absolute atomic E-state index is 12.9. The van der Waals surface area contributed by atoms with Gasteiger partial charge in [0, 0.05) is 29.6 Å². The molecule has 8 nitrogen and oxygen atoms in total. The maximum atomic E-state index is 12.9. The van der Waals surface area contributed by atoms with E-state index in [0.717, 1.165) is 37.5 Å². The van der Waals surface area contributed by atoms with Crippen molar-refractivity contribution in [1.29, 1.82) is 0 Å². The highest BCUT2D eigenvalue weighted by atomic mass is 32.2. The largest absolute Gasteiger partial charge is 0.451 e. The van der Waals surface area contributed by atoms with Crippen LogP contribution in [0.25, 0.3) is 11.0 Å². The fourth-order valence-electron chi connectivity index (χ4n) is 4.22. The number of fused-ring (bicyclic) bond motifs is 1. The third-order valence-corrected chi connectivity index (χ3v) is 8.15. The summed E-state index contributed by atoms with van der Waals surface area (Å²) < 4.78 is 32.9. The lowest BCUT2D eigenvalue weighted by molar-refractivity contribution is 0.0831. The van der Waals surface area contributed by atoms with Gasteiger partial charge in [-0.25, -0.2) is 8.42 Å². The highest BCUT2D eigenvalue weighted by Crippen LogP contribution is 2.27. The highest BCUT2D eigenvalue weighted by molar-refractivity contribution is 7.89. The Morgan fingerprint density at radius 3 is 2.24 bits per heavy atom. The Labute approximate surface area is 193 Å². The molecular formula is C24H27N3O5S. The van der Waals surface area contributed by atoms with Crippen LogP contribution < -0.4 is 10.9 Å². The van der Waals surface area contributed by atoms with Gasteiger partial charge in [0.1, 0.15) is 5.58 Å². The Hall–Kier alpha value is -3.17. The van der Waals surface area contributed by atoms with Crippen LogP contribution in [0.15, 0.2) is 57.8 Å². The van der Waals surface area contributed by atoms with Gasteiger partial charge in [-0.15, -0.1) is 0 Å². The first kappa shape index (κ1) is 23.0. The van der Waals surface area contributed by atoms with Crippen molar-refractivity contribution in [3.8, 4) is 0 Å². The summed E-state index contributed by atoms with van der Waals surface area (Å²) in [5.74, 6) is -1.03. The molecule has 1 saturated carbocycles. The molecule has 0 saturated heterocycles. The van der Waals surface area contributed by atoms with Gasteiger partial charge >= 0.3 is 5.91 Å². The number of amides is 2.